The predicted molar refractivity (Wildman–Crippen MR) is 124 cm³/mol. The maximum Gasteiger partial charge on any atom is 0.231 e. The van der Waals surface area contributed by atoms with E-state index in [1.54, 1.807) is 40.9 Å². The molecule has 2 aliphatic rings. The number of hydrogen-bond donors (Lipinski definition) is 2. The van der Waals surface area contributed by atoms with Crippen LogP contribution in [0.3, 0.4) is 0 Å². The second-order valence-corrected chi connectivity index (χ2v) is 8.36. The minimum atomic E-state index is 0.0156. The lowest BCUT2D eigenvalue weighted by atomic mass is 10.1. The van der Waals surface area contributed by atoms with Crippen molar-refractivity contribution in [1.82, 2.24) is 19.5 Å². The van der Waals surface area contributed by atoms with Gasteiger partial charge in [0.1, 0.15) is 17.7 Å². The van der Waals surface area contributed by atoms with Crippen molar-refractivity contribution in [2.75, 3.05) is 17.7 Å². The molecule has 1 aromatic carbocycles. The van der Waals surface area contributed by atoms with Crippen LogP contribution in [0.1, 0.15) is 30.4 Å². The number of nitrogens with zero attached hydrogens (tertiary/aromatic N) is 5. The molecule has 3 aromatic rings. The first kappa shape index (κ1) is 20.1. The average Bonchev–Trinajstić information content (AvgIpc) is 3.45. The van der Waals surface area contributed by atoms with Crippen molar-refractivity contribution in [3.05, 3.63) is 64.5 Å². The molecule has 0 unspecified atom stereocenters. The van der Waals surface area contributed by atoms with Gasteiger partial charge in [0.2, 0.25) is 5.91 Å². The summed E-state index contributed by atoms with van der Waals surface area (Å²) < 4.78 is 1.77. The molecule has 1 saturated heterocycles. The summed E-state index contributed by atoms with van der Waals surface area (Å²) in [5.41, 5.74) is 4.12. The highest BCUT2D eigenvalue weighted by atomic mass is 35.5. The molecule has 8 nitrogen and oxygen atoms in total. The van der Waals surface area contributed by atoms with E-state index >= 15 is 0 Å². The van der Waals surface area contributed by atoms with Crippen molar-refractivity contribution in [2.24, 2.45) is 0 Å². The van der Waals surface area contributed by atoms with Crippen LogP contribution in [-0.2, 0) is 4.79 Å². The SMILES string of the molecule is C=C1/C(=C/c2cnn3c(NC4CC4)cc(Nc4ccc(C#N)c(Cl)c4)nc23)CC(=O)N1C. The summed E-state index contributed by atoms with van der Waals surface area (Å²) in [6.45, 7) is 4.02. The number of aromatic nitrogens is 3. The van der Waals surface area contributed by atoms with E-state index in [4.69, 9.17) is 21.8 Å². The summed E-state index contributed by atoms with van der Waals surface area (Å²) in [5.74, 6) is 1.45. The number of allylic oxidation sites excluding steroid dienone is 1. The molecule has 2 fully saturated rings. The number of halogens is 1. The number of likely N-dealkylation sites (N-methyl/N-ethyl adjacent to an activating group) is 1. The molecule has 0 bridgehead atoms. The minimum absolute atomic E-state index is 0.0156. The zero-order valence-corrected chi connectivity index (χ0v) is 18.1. The van der Waals surface area contributed by atoms with Gasteiger partial charge in [0, 0.05) is 36.1 Å². The number of benzene rings is 1. The van der Waals surface area contributed by atoms with E-state index in [9.17, 15) is 4.79 Å². The first-order valence-corrected chi connectivity index (χ1v) is 10.6. The molecule has 9 heteroatoms. The molecule has 3 heterocycles. The van der Waals surface area contributed by atoms with Crippen LogP contribution in [0.5, 0.6) is 0 Å². The number of nitrogens with one attached hydrogen (secondary N) is 2. The fraction of sp³-hybridized carbons (Fsp3) is 0.217. The molecule has 0 atom stereocenters. The number of rotatable bonds is 5. The average molecular weight is 446 g/mol. The van der Waals surface area contributed by atoms with Crippen LogP contribution >= 0.6 is 11.6 Å². The van der Waals surface area contributed by atoms with Crippen molar-refractivity contribution < 1.29 is 4.79 Å². The summed E-state index contributed by atoms with van der Waals surface area (Å²) >= 11 is 6.18. The van der Waals surface area contributed by atoms with Crippen molar-refractivity contribution in [1.29, 1.82) is 5.26 Å². The van der Waals surface area contributed by atoms with Gasteiger partial charge < -0.3 is 15.5 Å². The van der Waals surface area contributed by atoms with Crippen molar-refractivity contribution in [3.8, 4) is 6.07 Å². The Morgan fingerprint density at radius 2 is 2.16 bits per heavy atom. The number of likely N-dealkylation sites (tertiary alicyclic amines) is 1. The molecule has 0 spiro atoms. The number of nitriles is 1. The van der Waals surface area contributed by atoms with Crippen LogP contribution < -0.4 is 10.6 Å². The number of hydrogen-bond acceptors (Lipinski definition) is 6. The van der Waals surface area contributed by atoms with E-state index in [0.29, 0.717) is 40.2 Å². The van der Waals surface area contributed by atoms with Crippen LogP contribution in [0.2, 0.25) is 5.02 Å². The van der Waals surface area contributed by atoms with Crippen LogP contribution in [0.25, 0.3) is 11.7 Å². The molecule has 1 amide bonds. The van der Waals surface area contributed by atoms with Gasteiger partial charge in [-0.15, -0.1) is 0 Å². The molecule has 1 aliphatic carbocycles. The Hall–Kier alpha value is -3.83. The highest BCUT2D eigenvalue weighted by Crippen LogP contribution is 2.31. The van der Waals surface area contributed by atoms with E-state index in [-0.39, 0.29) is 5.91 Å². The first-order chi connectivity index (χ1) is 15.4. The number of fused-ring (bicyclic) bond motifs is 1. The Balaban J connectivity index is 1.56. The number of anilines is 3. The lowest BCUT2D eigenvalue weighted by molar-refractivity contribution is -0.125. The largest absolute Gasteiger partial charge is 0.367 e. The molecule has 0 radical (unpaired) electrons. The highest BCUT2D eigenvalue weighted by Gasteiger charge is 2.26. The van der Waals surface area contributed by atoms with E-state index in [0.717, 1.165) is 35.5 Å². The standard InChI is InChI=1S/C23H20ClN7O/c1-13-15(8-22(32)30(13)2)7-16-12-26-31-21(28-17-5-6-17)10-20(29-23(16)31)27-18-4-3-14(11-25)19(24)9-18/h3-4,7,9-10,12,17,28H,1,5-6,8H2,2H3,(H,27,29)/b15-7+. The number of carbonyl (C=O) groups is 1. The first-order valence-electron chi connectivity index (χ1n) is 10.2. The molecular weight excluding hydrogens is 426 g/mol. The smallest absolute Gasteiger partial charge is 0.231 e. The van der Waals surface area contributed by atoms with Gasteiger partial charge in [-0.05, 0) is 42.7 Å². The topological polar surface area (TPSA) is 98.4 Å². The minimum Gasteiger partial charge on any atom is -0.367 e. The molecule has 2 aromatic heterocycles. The van der Waals surface area contributed by atoms with Gasteiger partial charge in [-0.25, -0.2) is 4.98 Å². The highest BCUT2D eigenvalue weighted by molar-refractivity contribution is 6.32. The van der Waals surface area contributed by atoms with Gasteiger partial charge in [-0.3, -0.25) is 4.79 Å². The van der Waals surface area contributed by atoms with Crippen LogP contribution in [0.4, 0.5) is 17.3 Å². The molecule has 32 heavy (non-hydrogen) atoms. The number of carbonyl (C=O) groups excluding carboxylic acids is 1. The van der Waals surface area contributed by atoms with Crippen molar-refractivity contribution in [3.63, 3.8) is 0 Å². The van der Waals surface area contributed by atoms with E-state index in [1.807, 2.05) is 12.1 Å². The second-order valence-electron chi connectivity index (χ2n) is 7.96. The predicted octanol–water partition coefficient (Wildman–Crippen LogP) is 4.33. The molecule has 1 saturated carbocycles. The zero-order valence-electron chi connectivity index (χ0n) is 17.4. The van der Waals surface area contributed by atoms with Gasteiger partial charge in [0.15, 0.2) is 5.65 Å². The Bertz CT molecular complexity index is 1350. The Kier molecular flexibility index (Phi) is 4.83. The lowest BCUT2D eigenvalue weighted by Crippen LogP contribution is -2.16. The van der Waals surface area contributed by atoms with Crippen molar-refractivity contribution >= 4 is 46.6 Å². The molecule has 160 valence electrons. The lowest BCUT2D eigenvalue weighted by Gasteiger charge is -2.12. The monoisotopic (exact) mass is 445 g/mol. The third kappa shape index (κ3) is 3.67. The van der Waals surface area contributed by atoms with Gasteiger partial charge >= 0.3 is 0 Å². The summed E-state index contributed by atoms with van der Waals surface area (Å²) in [4.78, 5) is 18.4. The Labute approximate surface area is 189 Å². The summed E-state index contributed by atoms with van der Waals surface area (Å²) in [7, 11) is 1.72. The van der Waals surface area contributed by atoms with Gasteiger partial charge in [-0.1, -0.05) is 18.2 Å². The van der Waals surface area contributed by atoms with Gasteiger partial charge in [-0.2, -0.15) is 14.9 Å². The third-order valence-electron chi connectivity index (χ3n) is 5.61. The van der Waals surface area contributed by atoms with Gasteiger partial charge in [0.25, 0.3) is 0 Å². The van der Waals surface area contributed by atoms with Gasteiger partial charge in [0.05, 0.1) is 23.2 Å². The maximum atomic E-state index is 12.0. The normalized spacial score (nSPS) is 17.3. The Morgan fingerprint density at radius 1 is 1.34 bits per heavy atom. The molecule has 5 rings (SSSR count). The fourth-order valence-electron chi connectivity index (χ4n) is 3.59. The van der Waals surface area contributed by atoms with E-state index < -0.39 is 0 Å². The summed E-state index contributed by atoms with van der Waals surface area (Å²) in [6.07, 6.45) is 6.20. The number of amides is 1. The van der Waals surface area contributed by atoms with E-state index in [2.05, 4.69) is 28.4 Å². The third-order valence-corrected chi connectivity index (χ3v) is 5.92. The molecular formula is C23H20ClN7O. The second kappa shape index (κ2) is 7.70. The van der Waals surface area contributed by atoms with Crippen LogP contribution in [0, 0.1) is 11.3 Å². The van der Waals surface area contributed by atoms with E-state index in [1.165, 1.54) is 0 Å². The molecule has 2 N–H and O–H groups in total. The maximum absolute atomic E-state index is 12.0. The van der Waals surface area contributed by atoms with Crippen LogP contribution in [-0.4, -0.2) is 38.5 Å². The summed E-state index contributed by atoms with van der Waals surface area (Å²) in [6, 6.07) is 9.53. The summed E-state index contributed by atoms with van der Waals surface area (Å²) in [5, 5.41) is 20.8. The molecule has 1 aliphatic heterocycles. The zero-order chi connectivity index (χ0) is 22.4. The Morgan fingerprint density at radius 3 is 2.81 bits per heavy atom. The van der Waals surface area contributed by atoms with Crippen LogP contribution in [0.15, 0.2) is 48.3 Å². The fourth-order valence-corrected chi connectivity index (χ4v) is 3.81. The quantitative estimate of drug-likeness (QED) is 0.606. The van der Waals surface area contributed by atoms with Crippen molar-refractivity contribution in [2.45, 2.75) is 25.3 Å².